The van der Waals surface area contributed by atoms with E-state index in [0.717, 1.165) is 36.6 Å². The number of hydrogen-bond donors (Lipinski definition) is 1. The van der Waals surface area contributed by atoms with Crippen LogP contribution in [0.3, 0.4) is 0 Å². The average Bonchev–Trinajstić information content (AvgIpc) is 3.18. The smallest absolute Gasteiger partial charge is 0.337 e. The Bertz CT molecular complexity index is 959. The van der Waals surface area contributed by atoms with Gasteiger partial charge in [-0.25, -0.2) is 9.78 Å². The fourth-order valence-corrected chi connectivity index (χ4v) is 4.37. The molecule has 0 bridgehead atoms. The summed E-state index contributed by atoms with van der Waals surface area (Å²) in [5, 5.41) is 4.14. The quantitative estimate of drug-likeness (QED) is 0.685. The third-order valence-corrected chi connectivity index (χ3v) is 6.05. The summed E-state index contributed by atoms with van der Waals surface area (Å²) in [4.78, 5) is 31.0. The lowest BCUT2D eigenvalue weighted by atomic mass is 10.0. The van der Waals surface area contributed by atoms with Gasteiger partial charge in [-0.1, -0.05) is 23.5 Å². The zero-order valence-corrected chi connectivity index (χ0v) is 16.4. The molecule has 28 heavy (non-hydrogen) atoms. The van der Waals surface area contributed by atoms with E-state index in [4.69, 9.17) is 4.98 Å². The zero-order chi connectivity index (χ0) is 19.5. The second-order valence-electron chi connectivity index (χ2n) is 6.77. The summed E-state index contributed by atoms with van der Waals surface area (Å²) in [5.74, 6) is -0.524. The monoisotopic (exact) mass is 395 g/mol. The van der Waals surface area contributed by atoms with Gasteiger partial charge in [0.2, 0.25) is 0 Å². The van der Waals surface area contributed by atoms with Crippen molar-refractivity contribution in [2.24, 2.45) is 0 Å². The minimum absolute atomic E-state index is 0.116. The van der Waals surface area contributed by atoms with Crippen molar-refractivity contribution in [2.45, 2.75) is 18.9 Å². The van der Waals surface area contributed by atoms with Crippen LogP contribution in [0.2, 0.25) is 0 Å². The van der Waals surface area contributed by atoms with Crippen LogP contribution in [0.25, 0.3) is 10.2 Å². The van der Waals surface area contributed by atoms with Gasteiger partial charge >= 0.3 is 5.97 Å². The number of esters is 1. The number of benzene rings is 2. The number of carbonyl (C=O) groups excluding carboxylic acids is 2. The highest BCUT2D eigenvalue weighted by Crippen LogP contribution is 2.30. The molecule has 0 atom stereocenters. The Morgan fingerprint density at radius 3 is 2.43 bits per heavy atom. The largest absolute Gasteiger partial charge is 0.465 e. The number of nitrogens with one attached hydrogen (secondary N) is 1. The Balaban J connectivity index is 1.33. The molecule has 1 amide bonds. The number of amides is 1. The predicted octanol–water partition coefficient (Wildman–Crippen LogP) is 3.48. The number of thiazole rings is 1. The molecule has 0 unspecified atom stereocenters. The van der Waals surface area contributed by atoms with Gasteiger partial charge in [-0.3, -0.25) is 4.79 Å². The topological polar surface area (TPSA) is 71.5 Å². The Morgan fingerprint density at radius 2 is 1.75 bits per heavy atom. The maximum atomic E-state index is 12.5. The molecule has 1 saturated heterocycles. The first-order valence-corrected chi connectivity index (χ1v) is 10.1. The van der Waals surface area contributed by atoms with Crippen molar-refractivity contribution < 1.29 is 14.3 Å². The maximum absolute atomic E-state index is 12.5. The van der Waals surface area contributed by atoms with Crippen LogP contribution in [0.1, 0.15) is 33.6 Å². The van der Waals surface area contributed by atoms with Crippen LogP contribution in [0.4, 0.5) is 5.13 Å². The van der Waals surface area contributed by atoms with Gasteiger partial charge < -0.3 is 15.0 Å². The van der Waals surface area contributed by atoms with Crippen molar-refractivity contribution in [3.63, 3.8) is 0 Å². The molecule has 1 N–H and O–H groups in total. The van der Waals surface area contributed by atoms with Crippen LogP contribution in [0.5, 0.6) is 0 Å². The van der Waals surface area contributed by atoms with Crippen molar-refractivity contribution >= 4 is 38.6 Å². The van der Waals surface area contributed by atoms with Gasteiger partial charge in [0.05, 0.1) is 22.9 Å². The summed E-state index contributed by atoms with van der Waals surface area (Å²) in [6.07, 6.45) is 1.75. The molecular weight excluding hydrogens is 374 g/mol. The normalized spacial score (nSPS) is 14.8. The van der Waals surface area contributed by atoms with E-state index in [1.807, 2.05) is 18.2 Å². The molecule has 4 rings (SSSR count). The van der Waals surface area contributed by atoms with E-state index in [0.29, 0.717) is 11.1 Å². The second kappa shape index (κ2) is 7.98. The number of fused-ring (bicyclic) bond motifs is 1. The van der Waals surface area contributed by atoms with Gasteiger partial charge in [0.1, 0.15) is 0 Å². The molecular formula is C21H21N3O3S. The van der Waals surface area contributed by atoms with Crippen LogP contribution in [-0.2, 0) is 4.74 Å². The number of nitrogens with zero attached hydrogens (tertiary/aromatic N) is 2. The van der Waals surface area contributed by atoms with Crippen LogP contribution >= 0.6 is 11.3 Å². The molecule has 6 nitrogen and oxygen atoms in total. The molecule has 3 aromatic rings. The van der Waals surface area contributed by atoms with Crippen LogP contribution < -0.4 is 10.2 Å². The maximum Gasteiger partial charge on any atom is 0.337 e. The highest BCUT2D eigenvalue weighted by molar-refractivity contribution is 7.22. The van der Waals surface area contributed by atoms with Crippen molar-refractivity contribution in [1.82, 2.24) is 10.3 Å². The van der Waals surface area contributed by atoms with Crippen LogP contribution in [0, 0.1) is 0 Å². The second-order valence-corrected chi connectivity index (χ2v) is 7.78. The summed E-state index contributed by atoms with van der Waals surface area (Å²) in [7, 11) is 1.34. The summed E-state index contributed by atoms with van der Waals surface area (Å²) in [6, 6.07) is 14.8. The van der Waals surface area contributed by atoms with Gasteiger partial charge in [-0.15, -0.1) is 0 Å². The molecule has 0 aliphatic carbocycles. The molecule has 0 radical (unpaired) electrons. The highest BCUT2D eigenvalue weighted by Gasteiger charge is 2.23. The van der Waals surface area contributed by atoms with Crippen LogP contribution in [-0.4, -0.2) is 43.1 Å². The number of ether oxygens (including phenoxy) is 1. The number of anilines is 1. The Labute approximate surface area is 167 Å². The molecule has 7 heteroatoms. The lowest BCUT2D eigenvalue weighted by Gasteiger charge is -2.32. The third-order valence-electron chi connectivity index (χ3n) is 4.95. The summed E-state index contributed by atoms with van der Waals surface area (Å²) in [5.41, 5.74) is 2.01. The Hall–Kier alpha value is -2.93. The van der Waals surface area contributed by atoms with Gasteiger partial charge in [0, 0.05) is 24.7 Å². The van der Waals surface area contributed by atoms with Gasteiger partial charge in [0.15, 0.2) is 5.13 Å². The lowest BCUT2D eigenvalue weighted by molar-refractivity contribution is 0.0600. The van der Waals surface area contributed by atoms with Gasteiger partial charge in [-0.2, -0.15) is 0 Å². The van der Waals surface area contributed by atoms with Gasteiger partial charge in [-0.05, 0) is 49.2 Å². The van der Waals surface area contributed by atoms with Crippen molar-refractivity contribution in [3.05, 3.63) is 59.7 Å². The number of hydrogen-bond acceptors (Lipinski definition) is 6. The zero-order valence-electron chi connectivity index (χ0n) is 15.6. The van der Waals surface area contributed by atoms with E-state index in [9.17, 15) is 9.59 Å². The number of para-hydroxylation sites is 1. The lowest BCUT2D eigenvalue weighted by Crippen LogP contribution is -2.44. The highest BCUT2D eigenvalue weighted by atomic mass is 32.1. The fraction of sp³-hybridized carbons (Fsp3) is 0.286. The van der Waals surface area contributed by atoms with E-state index in [1.54, 1.807) is 35.6 Å². The first-order chi connectivity index (χ1) is 13.6. The standard InChI is InChI=1S/C21H21N3O3S/c1-27-20(26)15-8-6-14(7-9-15)19(25)22-16-10-12-24(13-11-16)21-23-17-4-2-3-5-18(17)28-21/h2-9,16H,10-13H2,1H3,(H,22,25). The molecule has 1 aliphatic rings. The number of methoxy groups -OCH3 is 1. The Morgan fingerprint density at radius 1 is 1.07 bits per heavy atom. The molecule has 1 aromatic heterocycles. The van der Waals surface area contributed by atoms with E-state index in [1.165, 1.54) is 11.8 Å². The predicted molar refractivity (Wildman–Crippen MR) is 110 cm³/mol. The van der Waals surface area contributed by atoms with E-state index in [-0.39, 0.29) is 11.9 Å². The fourth-order valence-electron chi connectivity index (χ4n) is 3.35. The van der Waals surface area contributed by atoms with Crippen molar-refractivity contribution in [1.29, 1.82) is 0 Å². The molecule has 0 saturated carbocycles. The summed E-state index contributed by atoms with van der Waals surface area (Å²) >= 11 is 1.71. The molecule has 1 aliphatic heterocycles. The first kappa shape index (κ1) is 18.4. The van der Waals surface area contributed by atoms with Crippen LogP contribution in [0.15, 0.2) is 48.5 Å². The first-order valence-electron chi connectivity index (χ1n) is 9.24. The molecule has 144 valence electrons. The molecule has 2 heterocycles. The van der Waals surface area contributed by atoms with E-state index >= 15 is 0 Å². The molecule has 0 spiro atoms. The minimum Gasteiger partial charge on any atom is -0.465 e. The third kappa shape index (κ3) is 3.84. The SMILES string of the molecule is COC(=O)c1ccc(C(=O)NC2CCN(c3nc4ccccc4s3)CC2)cc1. The average molecular weight is 395 g/mol. The number of piperidine rings is 1. The summed E-state index contributed by atoms with van der Waals surface area (Å²) < 4.78 is 5.87. The molecule has 1 fully saturated rings. The minimum atomic E-state index is -0.408. The van der Waals surface area contributed by atoms with Crippen molar-refractivity contribution in [3.8, 4) is 0 Å². The van der Waals surface area contributed by atoms with E-state index < -0.39 is 5.97 Å². The number of rotatable bonds is 4. The van der Waals surface area contributed by atoms with E-state index in [2.05, 4.69) is 21.0 Å². The van der Waals surface area contributed by atoms with Crippen molar-refractivity contribution in [2.75, 3.05) is 25.1 Å². The van der Waals surface area contributed by atoms with Gasteiger partial charge in [0.25, 0.3) is 5.91 Å². The summed E-state index contributed by atoms with van der Waals surface area (Å²) in [6.45, 7) is 1.73. The number of aromatic nitrogens is 1. The molecule has 2 aromatic carbocycles. The Kier molecular flexibility index (Phi) is 5.25. The number of carbonyl (C=O) groups is 2.